The summed E-state index contributed by atoms with van der Waals surface area (Å²) >= 11 is 0. The molecule has 1 aromatic rings. The van der Waals surface area contributed by atoms with Crippen LogP contribution in [0.3, 0.4) is 0 Å². The average Bonchev–Trinajstić information content (AvgIpc) is 3.04. The van der Waals surface area contributed by atoms with Crippen molar-refractivity contribution in [3.8, 4) is 0 Å². The molecule has 1 saturated heterocycles. The second-order valence-electron chi connectivity index (χ2n) is 6.76. The van der Waals surface area contributed by atoms with E-state index < -0.39 is 24.0 Å². The fraction of sp³-hybridized carbons (Fsp3) is 0.783. The first-order valence-corrected chi connectivity index (χ1v) is 11.3. The Morgan fingerprint density at radius 2 is 1.78 bits per heavy atom. The van der Waals surface area contributed by atoms with Crippen molar-refractivity contribution < 1.29 is 29.0 Å². The van der Waals surface area contributed by atoms with Crippen molar-refractivity contribution in [2.24, 2.45) is 0 Å². The van der Waals surface area contributed by atoms with Gasteiger partial charge in [-0.25, -0.2) is 19.8 Å². The van der Waals surface area contributed by atoms with E-state index in [-0.39, 0.29) is 6.61 Å². The molecule has 8 nitrogen and oxygen atoms in total. The molecule has 2 heterocycles. The van der Waals surface area contributed by atoms with Crippen molar-refractivity contribution in [3.05, 3.63) is 17.6 Å². The zero-order chi connectivity index (χ0) is 25.9. The highest BCUT2D eigenvalue weighted by atomic mass is 19.1. The number of aromatic nitrogens is 2. The molecule has 0 spiro atoms. The molecule has 4 atom stereocenters. The van der Waals surface area contributed by atoms with Gasteiger partial charge in [0.2, 0.25) is 0 Å². The minimum absolute atomic E-state index is 0.336. The number of aliphatic hydroxyl groups is 2. The maximum Gasteiger partial charge on any atom is 0.162 e. The summed E-state index contributed by atoms with van der Waals surface area (Å²) in [4.78, 5) is 21.4. The standard InChI is InChI=1S/C10H17N3O.C8H15FO3.2C2H6.CH2O/c1-5-14-13-10-9(7(2)3)8(4)11-6-12-10;1-3-6-8(2,9)7(11)5(4-10)12-6;3*1-2/h6-7H,5H2,1-4H3,(H,11,12,13);5-7,10-11H,3-4H2,1-2H3;2*1-2H3;1H2/t;5?,6-,7?,8?;;;/m.0.../s1. The minimum Gasteiger partial charge on any atom is -0.394 e. The van der Waals surface area contributed by atoms with Gasteiger partial charge in [-0.15, -0.1) is 0 Å². The molecule has 1 fully saturated rings. The molecule has 0 aliphatic carbocycles. The number of hydrogen-bond donors (Lipinski definition) is 3. The molecular weight excluding hydrogens is 417 g/mol. The lowest BCUT2D eigenvalue weighted by Crippen LogP contribution is -2.41. The Morgan fingerprint density at radius 3 is 2.12 bits per heavy atom. The number of carbonyl (C=O) groups excluding carboxylic acids is 1. The molecular formula is C23H46FN3O5. The Morgan fingerprint density at radius 1 is 1.25 bits per heavy atom. The van der Waals surface area contributed by atoms with Gasteiger partial charge in [0.15, 0.2) is 11.5 Å². The molecule has 32 heavy (non-hydrogen) atoms. The van der Waals surface area contributed by atoms with Crippen LogP contribution < -0.4 is 5.48 Å². The van der Waals surface area contributed by atoms with Gasteiger partial charge < -0.3 is 19.7 Å². The Hall–Kier alpha value is -1.68. The number of nitrogens with one attached hydrogen (secondary N) is 1. The largest absolute Gasteiger partial charge is 0.394 e. The number of hydrogen-bond acceptors (Lipinski definition) is 8. The number of ether oxygens (including phenoxy) is 1. The molecule has 0 radical (unpaired) electrons. The zero-order valence-electron chi connectivity index (χ0n) is 21.6. The van der Waals surface area contributed by atoms with Crippen molar-refractivity contribution in [2.45, 2.75) is 106 Å². The SMILES string of the molecule is C=O.CC.CC.CCONc1ncnc(C)c1C(C)C.CC[C@@H]1OC(CO)C(O)C1(C)F. The van der Waals surface area contributed by atoms with Gasteiger partial charge in [0, 0.05) is 11.3 Å². The fourth-order valence-electron chi connectivity index (χ4n) is 3.01. The zero-order valence-corrected chi connectivity index (χ0v) is 21.6. The molecule has 0 amide bonds. The van der Waals surface area contributed by atoms with Crippen LogP contribution in [-0.4, -0.2) is 64.2 Å². The normalized spacial score (nSPS) is 23.2. The quantitative estimate of drug-likeness (QED) is 0.533. The first kappa shape index (κ1) is 34.9. The molecule has 1 aromatic heterocycles. The van der Waals surface area contributed by atoms with Crippen molar-refractivity contribution in [3.63, 3.8) is 0 Å². The summed E-state index contributed by atoms with van der Waals surface area (Å²) in [5.74, 6) is 1.16. The van der Waals surface area contributed by atoms with Crippen LogP contribution in [0.4, 0.5) is 10.2 Å². The molecule has 190 valence electrons. The number of aliphatic hydroxyl groups excluding tert-OH is 2. The lowest BCUT2D eigenvalue weighted by molar-refractivity contribution is -0.0980. The number of anilines is 1. The van der Waals surface area contributed by atoms with Crippen molar-refractivity contribution in [1.82, 2.24) is 9.97 Å². The summed E-state index contributed by atoms with van der Waals surface area (Å²) in [5, 5.41) is 18.1. The van der Waals surface area contributed by atoms with Crippen LogP contribution in [0.5, 0.6) is 0 Å². The number of alkyl halides is 1. The Bertz CT molecular complexity index is 573. The Balaban J connectivity index is -0.000000429. The van der Waals surface area contributed by atoms with E-state index in [1.165, 1.54) is 6.92 Å². The molecule has 0 aromatic carbocycles. The summed E-state index contributed by atoms with van der Waals surface area (Å²) in [6.07, 6.45) is -0.551. The highest BCUT2D eigenvalue weighted by Gasteiger charge is 2.52. The molecule has 3 N–H and O–H groups in total. The minimum atomic E-state index is -1.73. The summed E-state index contributed by atoms with van der Waals surface area (Å²) in [5.41, 5.74) is 3.21. The van der Waals surface area contributed by atoms with Crippen molar-refractivity contribution >= 4 is 12.6 Å². The van der Waals surface area contributed by atoms with E-state index in [1.807, 2.05) is 48.3 Å². The monoisotopic (exact) mass is 463 g/mol. The first-order chi connectivity index (χ1) is 15.2. The fourth-order valence-corrected chi connectivity index (χ4v) is 3.01. The van der Waals surface area contributed by atoms with E-state index in [2.05, 4.69) is 29.3 Å². The van der Waals surface area contributed by atoms with Gasteiger partial charge in [-0.3, -0.25) is 4.84 Å². The maximum absolute atomic E-state index is 13.6. The molecule has 2 rings (SSSR count). The van der Waals surface area contributed by atoms with E-state index in [4.69, 9.17) is 19.5 Å². The summed E-state index contributed by atoms with van der Waals surface area (Å²) in [6.45, 7) is 21.5. The molecule has 9 heteroatoms. The Kier molecular flexibility index (Phi) is 21.8. The van der Waals surface area contributed by atoms with Gasteiger partial charge in [-0.1, -0.05) is 48.5 Å². The lowest BCUT2D eigenvalue weighted by Gasteiger charge is -2.22. The second kappa shape index (κ2) is 20.0. The van der Waals surface area contributed by atoms with Gasteiger partial charge in [0.05, 0.1) is 19.3 Å². The van der Waals surface area contributed by atoms with Gasteiger partial charge in [0.1, 0.15) is 25.3 Å². The van der Waals surface area contributed by atoms with Crippen LogP contribution in [0.2, 0.25) is 0 Å². The van der Waals surface area contributed by atoms with Crippen LogP contribution >= 0.6 is 0 Å². The number of aryl methyl sites for hydroxylation is 1. The molecule has 0 bridgehead atoms. The van der Waals surface area contributed by atoms with Crippen LogP contribution in [0.1, 0.15) is 85.9 Å². The number of nitrogens with zero attached hydrogens (tertiary/aromatic N) is 2. The molecule has 1 aliphatic rings. The molecule has 0 saturated carbocycles. The van der Waals surface area contributed by atoms with E-state index in [1.54, 1.807) is 13.3 Å². The smallest absolute Gasteiger partial charge is 0.162 e. The average molecular weight is 464 g/mol. The predicted molar refractivity (Wildman–Crippen MR) is 127 cm³/mol. The van der Waals surface area contributed by atoms with Crippen LogP contribution in [0.15, 0.2) is 6.33 Å². The van der Waals surface area contributed by atoms with Crippen LogP contribution in [0.25, 0.3) is 0 Å². The van der Waals surface area contributed by atoms with E-state index >= 15 is 0 Å². The van der Waals surface area contributed by atoms with Gasteiger partial charge in [0.25, 0.3) is 0 Å². The van der Waals surface area contributed by atoms with Gasteiger partial charge in [-0.05, 0) is 33.1 Å². The lowest BCUT2D eigenvalue weighted by atomic mass is 9.94. The van der Waals surface area contributed by atoms with Crippen molar-refractivity contribution in [2.75, 3.05) is 18.7 Å². The highest BCUT2D eigenvalue weighted by molar-refractivity contribution is 5.45. The summed E-state index contributed by atoms with van der Waals surface area (Å²) in [7, 11) is 0. The molecule has 1 aliphatic heterocycles. The van der Waals surface area contributed by atoms with Crippen LogP contribution in [-0.2, 0) is 14.4 Å². The van der Waals surface area contributed by atoms with Gasteiger partial charge in [-0.2, -0.15) is 0 Å². The van der Waals surface area contributed by atoms with E-state index in [0.717, 1.165) is 17.1 Å². The second-order valence-corrected chi connectivity index (χ2v) is 6.76. The first-order valence-electron chi connectivity index (χ1n) is 11.3. The summed E-state index contributed by atoms with van der Waals surface area (Å²) < 4.78 is 18.7. The van der Waals surface area contributed by atoms with E-state index in [0.29, 0.717) is 18.9 Å². The van der Waals surface area contributed by atoms with Crippen LogP contribution in [0, 0.1) is 6.92 Å². The predicted octanol–water partition coefficient (Wildman–Crippen LogP) is 4.38. The maximum atomic E-state index is 13.6. The Labute approximate surface area is 193 Å². The van der Waals surface area contributed by atoms with E-state index in [9.17, 15) is 9.50 Å². The third-order valence-electron chi connectivity index (χ3n) is 4.42. The topological polar surface area (TPSA) is 114 Å². The third-order valence-corrected chi connectivity index (χ3v) is 4.42. The molecule has 3 unspecified atom stereocenters. The van der Waals surface area contributed by atoms with Gasteiger partial charge >= 0.3 is 0 Å². The number of carbonyl (C=O) groups is 1. The highest BCUT2D eigenvalue weighted by Crippen LogP contribution is 2.35. The number of rotatable bonds is 6. The number of halogens is 1. The van der Waals surface area contributed by atoms with Crippen molar-refractivity contribution in [1.29, 1.82) is 0 Å². The third kappa shape index (κ3) is 10.8. The summed E-state index contributed by atoms with van der Waals surface area (Å²) in [6, 6.07) is 0.